The molecule has 6 aromatic carbocycles. The van der Waals surface area contributed by atoms with Gasteiger partial charge in [-0.25, -0.2) is 9.97 Å². The first-order chi connectivity index (χ1) is 25.3. The molecule has 0 aliphatic heterocycles. The summed E-state index contributed by atoms with van der Waals surface area (Å²) in [7, 11) is 2.11. The van der Waals surface area contributed by atoms with Crippen LogP contribution in [0.4, 0.5) is 0 Å². The van der Waals surface area contributed by atoms with Crippen molar-refractivity contribution in [1.82, 2.24) is 19.1 Å². The van der Waals surface area contributed by atoms with E-state index in [1.807, 2.05) is 53.1 Å². The lowest BCUT2D eigenvalue weighted by atomic mass is 10.0. The highest BCUT2D eigenvalue weighted by Gasteiger charge is 2.18. The molecule has 0 N–H and O–H groups in total. The molecule has 0 saturated carbocycles. The molecule has 0 atom stereocenters. The first kappa shape index (κ1) is 22.3. The van der Waals surface area contributed by atoms with Crippen molar-refractivity contribution < 1.29 is 6.85 Å². The summed E-state index contributed by atoms with van der Waals surface area (Å²) in [5.74, 6) is 0.410. The summed E-state index contributed by atoms with van der Waals surface area (Å²) in [5, 5.41) is 7.15. The number of benzene rings is 6. The lowest BCUT2D eigenvalue weighted by molar-refractivity contribution is 1.01. The van der Waals surface area contributed by atoms with Crippen LogP contribution in [0.2, 0.25) is 0 Å². The first-order valence-corrected chi connectivity index (χ1v) is 15.4. The molecule has 47 heavy (non-hydrogen) atoms. The molecule has 0 saturated heterocycles. The Morgan fingerprint density at radius 3 is 2.04 bits per heavy atom. The summed E-state index contributed by atoms with van der Waals surface area (Å²) in [5.41, 5.74) is 7.56. The highest BCUT2D eigenvalue weighted by atomic mass is 15.2. The van der Waals surface area contributed by atoms with Crippen LogP contribution in [-0.2, 0) is 7.05 Å². The minimum atomic E-state index is -0.502. The quantitative estimate of drug-likeness (QED) is 0.144. The Hall–Kier alpha value is -6.26. The normalized spacial score (nSPS) is 14.9. The maximum absolute atomic E-state index is 8.72. The number of para-hydroxylation sites is 2. The van der Waals surface area contributed by atoms with Crippen LogP contribution in [0, 0.1) is 0 Å². The molecule has 9 aromatic rings. The van der Waals surface area contributed by atoms with Gasteiger partial charge in [-0.3, -0.25) is 4.57 Å². The zero-order valence-corrected chi connectivity index (χ0v) is 25.5. The highest BCUT2D eigenvalue weighted by Crippen LogP contribution is 2.37. The number of hydrogen-bond donors (Lipinski definition) is 0. The number of allylic oxidation sites excluding steroid dienone is 4. The van der Waals surface area contributed by atoms with Crippen LogP contribution in [0.25, 0.3) is 88.4 Å². The van der Waals surface area contributed by atoms with E-state index in [0.29, 0.717) is 29.1 Å². The summed E-state index contributed by atoms with van der Waals surface area (Å²) in [6, 6.07) is 40.0. The van der Waals surface area contributed by atoms with Crippen LogP contribution >= 0.6 is 0 Å². The first-order valence-electron chi connectivity index (χ1n) is 18.0. The van der Waals surface area contributed by atoms with Gasteiger partial charge in [-0.2, -0.15) is 0 Å². The highest BCUT2D eigenvalue weighted by molar-refractivity contribution is 6.12. The van der Waals surface area contributed by atoms with Gasteiger partial charge in [0.2, 0.25) is 5.95 Å². The number of nitrogens with zero attached hydrogens (tertiary/aromatic N) is 4. The molecule has 9 rings (SSSR count). The van der Waals surface area contributed by atoms with Gasteiger partial charge in [0.25, 0.3) is 0 Å². The van der Waals surface area contributed by atoms with Crippen molar-refractivity contribution in [3.8, 4) is 17.1 Å². The summed E-state index contributed by atoms with van der Waals surface area (Å²) in [6.07, 6.45) is 1.45. The van der Waals surface area contributed by atoms with E-state index in [9.17, 15) is 0 Å². The number of aromatic nitrogens is 4. The minimum Gasteiger partial charge on any atom is -0.344 e. The summed E-state index contributed by atoms with van der Waals surface area (Å²) >= 11 is 0. The molecule has 4 nitrogen and oxygen atoms in total. The van der Waals surface area contributed by atoms with Crippen molar-refractivity contribution in [3.05, 3.63) is 158 Å². The summed E-state index contributed by atoms with van der Waals surface area (Å²) in [4.78, 5) is 10.2. The molecule has 0 aliphatic rings. The van der Waals surface area contributed by atoms with E-state index in [-0.39, 0.29) is 6.05 Å². The smallest absolute Gasteiger partial charge is 0.235 e. The lowest BCUT2D eigenvalue weighted by Gasteiger charge is -2.11. The molecule has 0 unspecified atom stereocenters. The fourth-order valence-electron chi connectivity index (χ4n) is 6.98. The van der Waals surface area contributed by atoms with Crippen molar-refractivity contribution in [1.29, 1.82) is 0 Å². The Balaban J connectivity index is 1.28. The van der Waals surface area contributed by atoms with Crippen molar-refractivity contribution in [2.24, 2.45) is 7.05 Å². The van der Waals surface area contributed by atoms with Gasteiger partial charge in [-0.05, 0) is 65.1 Å². The molecule has 0 radical (unpaired) electrons. The second-order valence-electron chi connectivity index (χ2n) is 11.7. The molecule has 0 bridgehead atoms. The van der Waals surface area contributed by atoms with Gasteiger partial charge in [-0.15, -0.1) is 0 Å². The van der Waals surface area contributed by atoms with E-state index >= 15 is 0 Å². The standard InChI is InChI=1S/C43H30N4/c1-3-4-5-6-17-37-34-23-20-28-13-7-8-14-31(28)42(34)45-43(44-37)47-40-19-12-10-16-33(40)36-27-30(22-25-41(36)47)29-21-24-39-35(26-29)32-15-9-11-18-38(32)46(39)2/h3-27H,1H2,2H3/b5-4-,17-6+/i1D,3D,4D,5D,6D/b3-1+,5-4-,17-6+. The van der Waals surface area contributed by atoms with Gasteiger partial charge in [0.1, 0.15) is 0 Å². The molecular formula is C43H30N4. The van der Waals surface area contributed by atoms with Crippen LogP contribution in [-0.4, -0.2) is 19.1 Å². The third-order valence-electron chi connectivity index (χ3n) is 9.14. The van der Waals surface area contributed by atoms with Gasteiger partial charge in [0, 0.05) is 50.4 Å². The predicted octanol–water partition coefficient (Wildman–Crippen LogP) is 10.9. The summed E-state index contributed by atoms with van der Waals surface area (Å²) < 4.78 is 44.8. The zero-order chi connectivity index (χ0) is 35.7. The monoisotopic (exact) mass is 607 g/mol. The Kier molecular flexibility index (Phi) is 5.06. The average molecular weight is 608 g/mol. The third-order valence-corrected chi connectivity index (χ3v) is 9.14. The van der Waals surface area contributed by atoms with Gasteiger partial charge < -0.3 is 4.57 Å². The van der Waals surface area contributed by atoms with Crippen molar-refractivity contribution in [2.45, 2.75) is 0 Å². The number of hydrogen-bond acceptors (Lipinski definition) is 2. The van der Waals surface area contributed by atoms with Crippen molar-refractivity contribution >= 4 is 71.4 Å². The molecule has 4 heteroatoms. The molecule has 222 valence electrons. The van der Waals surface area contributed by atoms with E-state index in [1.54, 1.807) is 0 Å². The molecule has 3 heterocycles. The van der Waals surface area contributed by atoms with Gasteiger partial charge >= 0.3 is 0 Å². The van der Waals surface area contributed by atoms with Crippen molar-refractivity contribution in [3.63, 3.8) is 0 Å². The van der Waals surface area contributed by atoms with E-state index in [0.717, 1.165) is 43.7 Å². The molecule has 0 amide bonds. The summed E-state index contributed by atoms with van der Waals surface area (Å²) in [6.45, 7) is 0.699. The largest absolute Gasteiger partial charge is 0.344 e. The van der Waals surface area contributed by atoms with Crippen LogP contribution in [0.15, 0.2) is 152 Å². The fraction of sp³-hybridized carbons (Fsp3) is 0.0233. The molecular weight excluding hydrogens is 573 g/mol. The number of aryl methyl sites for hydroxylation is 1. The topological polar surface area (TPSA) is 35.6 Å². The number of rotatable bonds is 5. The van der Waals surface area contributed by atoms with Crippen LogP contribution in [0.3, 0.4) is 0 Å². The maximum atomic E-state index is 8.72. The SMILES string of the molecule is [2H]/C=C([2H])/C([2H])=C([2H])\C([2H])=C\c1nc(-n2c3ccccc3c3cc(-c4ccc5c(c4)c4ccccc4n5C)ccc32)nc2c1ccc1ccccc12. The molecule has 0 spiro atoms. The Morgan fingerprint density at radius 1 is 0.596 bits per heavy atom. The van der Waals surface area contributed by atoms with Gasteiger partial charge in [0.15, 0.2) is 0 Å². The maximum Gasteiger partial charge on any atom is 0.235 e. The Morgan fingerprint density at radius 2 is 1.23 bits per heavy atom. The minimum absolute atomic E-state index is 0.286. The lowest BCUT2D eigenvalue weighted by Crippen LogP contribution is -2.03. The van der Waals surface area contributed by atoms with Crippen LogP contribution in [0.1, 0.15) is 12.5 Å². The van der Waals surface area contributed by atoms with Crippen molar-refractivity contribution in [2.75, 3.05) is 0 Å². The van der Waals surface area contributed by atoms with Crippen LogP contribution < -0.4 is 0 Å². The second kappa shape index (κ2) is 10.7. The van der Waals surface area contributed by atoms with Crippen LogP contribution in [0.5, 0.6) is 0 Å². The third kappa shape index (κ3) is 4.23. The van der Waals surface area contributed by atoms with E-state index in [2.05, 4.69) is 84.4 Å². The van der Waals surface area contributed by atoms with Gasteiger partial charge in [0.05, 0.1) is 29.1 Å². The molecule has 0 aliphatic carbocycles. The second-order valence-corrected chi connectivity index (χ2v) is 11.7. The predicted molar refractivity (Wildman–Crippen MR) is 199 cm³/mol. The average Bonchev–Trinajstić information content (AvgIpc) is 3.67. The Labute approximate surface area is 278 Å². The zero-order valence-electron chi connectivity index (χ0n) is 30.5. The molecule has 0 fully saturated rings. The fourth-order valence-corrected chi connectivity index (χ4v) is 6.98. The van der Waals surface area contributed by atoms with E-state index < -0.39 is 18.2 Å². The van der Waals surface area contributed by atoms with E-state index in [1.165, 1.54) is 27.9 Å². The van der Waals surface area contributed by atoms with Gasteiger partial charge in [-0.1, -0.05) is 110 Å². The van der Waals surface area contributed by atoms with E-state index in [4.69, 9.17) is 16.8 Å². The number of fused-ring (bicyclic) bond motifs is 9. The Bertz CT molecular complexity index is 3040. The molecule has 3 aromatic heterocycles.